The number of nitrogens with one attached hydrogen (secondary N) is 1. The van der Waals surface area contributed by atoms with E-state index in [1.54, 1.807) is 0 Å². The highest BCUT2D eigenvalue weighted by atomic mass is 19.3. The number of aliphatic carboxylic acids is 1. The molecule has 0 radical (unpaired) electrons. The minimum absolute atomic E-state index is 0.0840. The lowest BCUT2D eigenvalue weighted by atomic mass is 10.1. The predicted molar refractivity (Wildman–Crippen MR) is 62.5 cm³/mol. The molecule has 1 amide bonds. The Bertz CT molecular complexity index is 495. The number of amides is 1. The van der Waals surface area contributed by atoms with Crippen LogP contribution in [-0.2, 0) is 16.1 Å². The van der Waals surface area contributed by atoms with E-state index in [0.717, 1.165) is 0 Å². The first-order valence-corrected chi connectivity index (χ1v) is 5.84. The van der Waals surface area contributed by atoms with Crippen LogP contribution in [0.15, 0.2) is 24.3 Å². The lowest BCUT2D eigenvalue weighted by Crippen LogP contribution is -2.36. The molecule has 0 aliphatic heterocycles. The normalized spacial score (nSPS) is 16.2. The van der Waals surface area contributed by atoms with Gasteiger partial charge in [-0.2, -0.15) is 0 Å². The highest BCUT2D eigenvalue weighted by Gasteiger charge is 2.56. The molecule has 0 heterocycles. The van der Waals surface area contributed by atoms with Crippen LogP contribution in [0.4, 0.5) is 8.78 Å². The molecule has 0 bridgehead atoms. The van der Waals surface area contributed by atoms with Crippen molar-refractivity contribution in [3.63, 3.8) is 0 Å². The summed E-state index contributed by atoms with van der Waals surface area (Å²) in [4.78, 5) is 22.6. The maximum Gasteiger partial charge on any atom is 0.319 e. The zero-order valence-electron chi connectivity index (χ0n) is 10.0. The third-order valence-corrected chi connectivity index (χ3v) is 3.28. The SMILES string of the molecule is O=C(O)C1(C(=O)NCc2ccc(C(F)F)cc2)CC1. The average molecular weight is 269 g/mol. The fourth-order valence-electron chi connectivity index (χ4n) is 1.80. The van der Waals surface area contributed by atoms with Gasteiger partial charge in [-0.15, -0.1) is 0 Å². The van der Waals surface area contributed by atoms with E-state index in [1.807, 2.05) is 0 Å². The molecule has 1 fully saturated rings. The van der Waals surface area contributed by atoms with Crippen molar-refractivity contribution in [2.45, 2.75) is 25.8 Å². The van der Waals surface area contributed by atoms with Crippen molar-refractivity contribution in [1.82, 2.24) is 5.32 Å². The summed E-state index contributed by atoms with van der Waals surface area (Å²) >= 11 is 0. The van der Waals surface area contributed by atoms with Gasteiger partial charge in [0.1, 0.15) is 5.41 Å². The summed E-state index contributed by atoms with van der Waals surface area (Å²) in [7, 11) is 0. The zero-order valence-corrected chi connectivity index (χ0v) is 10.0. The number of carboxylic acids is 1. The van der Waals surface area contributed by atoms with E-state index in [4.69, 9.17) is 5.11 Å². The van der Waals surface area contributed by atoms with Crippen LogP contribution in [0.2, 0.25) is 0 Å². The van der Waals surface area contributed by atoms with E-state index < -0.39 is 23.7 Å². The molecule has 1 saturated carbocycles. The number of alkyl halides is 2. The smallest absolute Gasteiger partial charge is 0.319 e. The van der Waals surface area contributed by atoms with E-state index in [0.29, 0.717) is 18.4 Å². The van der Waals surface area contributed by atoms with E-state index in [-0.39, 0.29) is 12.1 Å². The van der Waals surface area contributed by atoms with Gasteiger partial charge >= 0.3 is 5.97 Å². The van der Waals surface area contributed by atoms with Gasteiger partial charge in [0.25, 0.3) is 6.43 Å². The Labute approximate surface area is 108 Å². The zero-order chi connectivity index (χ0) is 14.0. The summed E-state index contributed by atoms with van der Waals surface area (Å²) in [5, 5.41) is 11.4. The first-order chi connectivity index (χ1) is 8.95. The van der Waals surface area contributed by atoms with Crippen LogP contribution in [0, 0.1) is 5.41 Å². The fourth-order valence-corrected chi connectivity index (χ4v) is 1.80. The molecule has 1 aromatic carbocycles. The second kappa shape index (κ2) is 4.95. The predicted octanol–water partition coefficient (Wildman–Crippen LogP) is 2.11. The summed E-state index contributed by atoms with van der Waals surface area (Å²) < 4.78 is 24.7. The molecule has 2 N–H and O–H groups in total. The van der Waals surface area contributed by atoms with Crippen LogP contribution in [0.1, 0.15) is 30.4 Å². The fraction of sp³-hybridized carbons (Fsp3) is 0.385. The molecule has 0 unspecified atom stereocenters. The molecule has 102 valence electrons. The van der Waals surface area contributed by atoms with Crippen LogP contribution in [0.25, 0.3) is 0 Å². The number of hydrogen-bond donors (Lipinski definition) is 2. The molecule has 19 heavy (non-hydrogen) atoms. The van der Waals surface area contributed by atoms with Crippen molar-refractivity contribution in [1.29, 1.82) is 0 Å². The Kier molecular flexibility index (Phi) is 3.50. The van der Waals surface area contributed by atoms with Gasteiger partial charge in [-0.25, -0.2) is 8.78 Å². The topological polar surface area (TPSA) is 66.4 Å². The molecule has 0 spiro atoms. The molecular formula is C13H13F2NO3. The minimum atomic E-state index is -2.52. The van der Waals surface area contributed by atoms with Gasteiger partial charge in [0, 0.05) is 12.1 Å². The highest BCUT2D eigenvalue weighted by molar-refractivity contribution is 6.04. The molecule has 1 aliphatic carbocycles. The van der Waals surface area contributed by atoms with Gasteiger partial charge in [0.05, 0.1) is 0 Å². The number of carbonyl (C=O) groups excluding carboxylic acids is 1. The first-order valence-electron chi connectivity index (χ1n) is 5.84. The highest BCUT2D eigenvalue weighted by Crippen LogP contribution is 2.46. The number of hydrogen-bond acceptors (Lipinski definition) is 2. The van der Waals surface area contributed by atoms with E-state index in [2.05, 4.69) is 5.32 Å². The summed E-state index contributed by atoms with van der Waals surface area (Å²) in [6.07, 6.45) is -1.83. The van der Waals surface area contributed by atoms with Crippen molar-refractivity contribution < 1.29 is 23.5 Å². The monoisotopic (exact) mass is 269 g/mol. The van der Waals surface area contributed by atoms with Crippen molar-refractivity contribution in [3.05, 3.63) is 35.4 Å². The number of carboxylic acid groups (broad SMARTS) is 1. The molecule has 1 aromatic rings. The van der Waals surface area contributed by atoms with Gasteiger partial charge < -0.3 is 10.4 Å². The number of benzene rings is 1. The van der Waals surface area contributed by atoms with E-state index in [1.165, 1.54) is 24.3 Å². The van der Waals surface area contributed by atoms with E-state index >= 15 is 0 Å². The molecule has 0 atom stereocenters. The van der Waals surface area contributed by atoms with E-state index in [9.17, 15) is 18.4 Å². The molecule has 0 aromatic heterocycles. The molecule has 0 saturated heterocycles. The van der Waals surface area contributed by atoms with Crippen LogP contribution < -0.4 is 5.32 Å². The Morgan fingerprint density at radius 3 is 2.26 bits per heavy atom. The van der Waals surface area contributed by atoms with Gasteiger partial charge in [-0.05, 0) is 18.4 Å². The summed E-state index contributed by atoms with van der Waals surface area (Å²) in [5.74, 6) is -1.63. The number of halogens is 2. The van der Waals surface area contributed by atoms with Gasteiger partial charge in [0.2, 0.25) is 5.91 Å². The van der Waals surface area contributed by atoms with Crippen molar-refractivity contribution in [2.24, 2.45) is 5.41 Å². The van der Waals surface area contributed by atoms with Crippen LogP contribution in [-0.4, -0.2) is 17.0 Å². The molecule has 4 nitrogen and oxygen atoms in total. The van der Waals surface area contributed by atoms with Crippen LogP contribution in [0.3, 0.4) is 0 Å². The van der Waals surface area contributed by atoms with Crippen molar-refractivity contribution in [3.8, 4) is 0 Å². The standard InChI is InChI=1S/C13H13F2NO3/c14-10(15)9-3-1-8(2-4-9)7-16-11(17)13(5-6-13)12(18)19/h1-4,10H,5-7H2,(H,16,17)(H,18,19). The Hall–Kier alpha value is -1.98. The van der Waals surface area contributed by atoms with Gasteiger partial charge in [0.15, 0.2) is 0 Å². The van der Waals surface area contributed by atoms with Crippen molar-refractivity contribution in [2.75, 3.05) is 0 Å². The van der Waals surface area contributed by atoms with Crippen molar-refractivity contribution >= 4 is 11.9 Å². The third-order valence-electron chi connectivity index (χ3n) is 3.28. The van der Waals surface area contributed by atoms with Crippen LogP contribution >= 0.6 is 0 Å². The number of rotatable bonds is 5. The minimum Gasteiger partial charge on any atom is -0.480 e. The maximum atomic E-state index is 12.3. The third kappa shape index (κ3) is 2.72. The van der Waals surface area contributed by atoms with Crippen LogP contribution in [0.5, 0.6) is 0 Å². The largest absolute Gasteiger partial charge is 0.480 e. The quantitative estimate of drug-likeness (QED) is 0.804. The second-order valence-electron chi connectivity index (χ2n) is 4.61. The Morgan fingerprint density at radius 1 is 1.26 bits per heavy atom. The first kappa shape index (κ1) is 13.5. The molecule has 1 aliphatic rings. The lowest BCUT2D eigenvalue weighted by Gasteiger charge is -2.11. The summed E-state index contributed by atoms with van der Waals surface area (Å²) in [5.41, 5.74) is -0.707. The second-order valence-corrected chi connectivity index (χ2v) is 4.61. The average Bonchev–Trinajstić information content (AvgIpc) is 3.17. The number of carbonyl (C=O) groups is 2. The maximum absolute atomic E-state index is 12.3. The molecule has 6 heteroatoms. The summed E-state index contributed by atoms with van der Waals surface area (Å²) in [6.45, 7) is 0.136. The molecule has 2 rings (SSSR count). The Morgan fingerprint density at radius 2 is 1.84 bits per heavy atom. The lowest BCUT2D eigenvalue weighted by molar-refractivity contribution is -0.149. The van der Waals surface area contributed by atoms with Gasteiger partial charge in [-0.3, -0.25) is 9.59 Å². The summed E-state index contributed by atoms with van der Waals surface area (Å²) in [6, 6.07) is 5.55. The van der Waals surface area contributed by atoms with Gasteiger partial charge in [-0.1, -0.05) is 24.3 Å². The Balaban J connectivity index is 1.92. The molecular weight excluding hydrogens is 256 g/mol.